The molecule has 0 aliphatic heterocycles. The van der Waals surface area contributed by atoms with Gasteiger partial charge in [-0.3, -0.25) is 15.5 Å². The second-order valence-corrected chi connectivity index (χ2v) is 6.96. The summed E-state index contributed by atoms with van der Waals surface area (Å²) in [5.74, 6) is 0. The summed E-state index contributed by atoms with van der Waals surface area (Å²) in [5, 5.41) is 15.5. The SMILES string of the molecule is O=[N+]([O-])c1cc(C(F)(F)F)ccc1NN=C1CCCCCCCCCCC1. The van der Waals surface area contributed by atoms with Crippen LogP contribution < -0.4 is 5.43 Å². The topological polar surface area (TPSA) is 67.5 Å². The Morgan fingerprint density at radius 3 is 1.93 bits per heavy atom. The maximum Gasteiger partial charge on any atom is 0.416 e. The molecule has 1 saturated carbocycles. The Hall–Kier alpha value is -2.12. The van der Waals surface area contributed by atoms with Crippen LogP contribution in [0.25, 0.3) is 0 Å². The van der Waals surface area contributed by atoms with Gasteiger partial charge in [0.25, 0.3) is 5.69 Å². The Morgan fingerprint density at radius 2 is 1.44 bits per heavy atom. The predicted molar refractivity (Wildman–Crippen MR) is 99.9 cm³/mol. The Morgan fingerprint density at radius 1 is 0.926 bits per heavy atom. The lowest BCUT2D eigenvalue weighted by Gasteiger charge is -2.11. The summed E-state index contributed by atoms with van der Waals surface area (Å²) >= 11 is 0. The van der Waals surface area contributed by atoms with Crippen LogP contribution in [0.2, 0.25) is 0 Å². The number of benzene rings is 1. The molecule has 1 aromatic carbocycles. The molecule has 0 radical (unpaired) electrons. The van der Waals surface area contributed by atoms with Gasteiger partial charge in [-0.2, -0.15) is 18.3 Å². The van der Waals surface area contributed by atoms with Gasteiger partial charge in [-0.15, -0.1) is 0 Å². The highest BCUT2D eigenvalue weighted by atomic mass is 19.4. The largest absolute Gasteiger partial charge is 0.416 e. The van der Waals surface area contributed by atoms with Crippen LogP contribution in [0.3, 0.4) is 0 Å². The first kappa shape index (κ1) is 21.2. The molecule has 0 saturated heterocycles. The molecule has 8 heteroatoms. The molecule has 0 heterocycles. The second kappa shape index (κ2) is 10.3. The molecule has 0 spiro atoms. The van der Waals surface area contributed by atoms with Gasteiger partial charge in [-0.25, -0.2) is 0 Å². The average Bonchev–Trinajstić information content (AvgIpc) is 2.60. The third-order valence-corrected chi connectivity index (χ3v) is 4.79. The van der Waals surface area contributed by atoms with Gasteiger partial charge >= 0.3 is 6.18 Å². The minimum absolute atomic E-state index is 0.0217. The lowest BCUT2D eigenvalue weighted by Crippen LogP contribution is -2.08. The summed E-state index contributed by atoms with van der Waals surface area (Å²) in [7, 11) is 0. The van der Waals surface area contributed by atoms with Crippen LogP contribution in [0.5, 0.6) is 0 Å². The molecular weight excluding hydrogens is 359 g/mol. The van der Waals surface area contributed by atoms with Crippen LogP contribution in [-0.4, -0.2) is 10.6 Å². The molecular formula is C19H26F3N3O2. The number of nitrogens with one attached hydrogen (secondary N) is 1. The Bertz CT molecular complexity index is 646. The van der Waals surface area contributed by atoms with Crippen molar-refractivity contribution in [1.29, 1.82) is 0 Å². The van der Waals surface area contributed by atoms with Gasteiger partial charge < -0.3 is 0 Å². The quantitative estimate of drug-likeness (QED) is 0.466. The summed E-state index contributed by atoms with van der Waals surface area (Å²) in [4.78, 5) is 10.3. The van der Waals surface area contributed by atoms with E-state index in [0.717, 1.165) is 56.4 Å². The van der Waals surface area contributed by atoms with E-state index in [9.17, 15) is 23.3 Å². The van der Waals surface area contributed by atoms with Crippen LogP contribution in [0.1, 0.15) is 76.2 Å². The van der Waals surface area contributed by atoms with Crippen molar-refractivity contribution in [1.82, 2.24) is 0 Å². The molecule has 1 N–H and O–H groups in total. The number of rotatable bonds is 3. The van der Waals surface area contributed by atoms with E-state index in [2.05, 4.69) is 10.5 Å². The molecule has 27 heavy (non-hydrogen) atoms. The maximum absolute atomic E-state index is 12.8. The Kier molecular flexibility index (Phi) is 8.06. The van der Waals surface area contributed by atoms with Crippen molar-refractivity contribution in [3.05, 3.63) is 33.9 Å². The van der Waals surface area contributed by atoms with Gasteiger partial charge in [-0.05, 0) is 37.8 Å². The summed E-state index contributed by atoms with van der Waals surface area (Å²) in [6.45, 7) is 0. The van der Waals surface area contributed by atoms with E-state index in [0.29, 0.717) is 6.07 Å². The highest BCUT2D eigenvalue weighted by Gasteiger charge is 2.33. The van der Waals surface area contributed by atoms with Crippen molar-refractivity contribution >= 4 is 17.1 Å². The van der Waals surface area contributed by atoms with Crippen molar-refractivity contribution in [3.8, 4) is 0 Å². The minimum Gasteiger partial charge on any atom is -0.272 e. The molecule has 0 aromatic heterocycles. The molecule has 150 valence electrons. The fourth-order valence-corrected chi connectivity index (χ4v) is 3.23. The molecule has 0 unspecified atom stereocenters. The van der Waals surface area contributed by atoms with Crippen molar-refractivity contribution in [2.75, 3.05) is 5.43 Å². The van der Waals surface area contributed by atoms with Gasteiger partial charge in [-0.1, -0.05) is 44.9 Å². The van der Waals surface area contributed by atoms with Crippen molar-refractivity contribution < 1.29 is 18.1 Å². The number of nitro benzene ring substituents is 1. The zero-order chi connectivity index (χ0) is 19.7. The highest BCUT2D eigenvalue weighted by Crippen LogP contribution is 2.35. The first-order valence-corrected chi connectivity index (χ1v) is 9.55. The van der Waals surface area contributed by atoms with Gasteiger partial charge in [0.1, 0.15) is 5.69 Å². The lowest BCUT2D eigenvalue weighted by atomic mass is 10.00. The monoisotopic (exact) mass is 385 g/mol. The molecule has 0 atom stereocenters. The van der Waals surface area contributed by atoms with E-state index >= 15 is 0 Å². The number of nitro groups is 1. The van der Waals surface area contributed by atoms with Crippen molar-refractivity contribution in [3.63, 3.8) is 0 Å². The molecule has 0 amide bonds. The van der Waals surface area contributed by atoms with Crippen LogP contribution in [0.4, 0.5) is 24.5 Å². The van der Waals surface area contributed by atoms with Crippen LogP contribution in [0, 0.1) is 10.1 Å². The van der Waals surface area contributed by atoms with Crippen LogP contribution >= 0.6 is 0 Å². The molecule has 5 nitrogen and oxygen atoms in total. The first-order chi connectivity index (χ1) is 12.9. The first-order valence-electron chi connectivity index (χ1n) is 9.55. The number of halogens is 3. The molecule has 1 aliphatic rings. The minimum atomic E-state index is -4.62. The van der Waals surface area contributed by atoms with E-state index in [1.807, 2.05) is 0 Å². The third kappa shape index (κ3) is 7.19. The van der Waals surface area contributed by atoms with E-state index < -0.39 is 22.4 Å². The van der Waals surface area contributed by atoms with E-state index in [1.54, 1.807) is 0 Å². The number of nitrogens with zero attached hydrogens (tertiary/aromatic N) is 2. The maximum atomic E-state index is 12.8. The Balaban J connectivity index is 2.11. The third-order valence-electron chi connectivity index (χ3n) is 4.79. The van der Waals surface area contributed by atoms with Gasteiger partial charge in [0.05, 0.1) is 10.5 Å². The fraction of sp³-hybridized carbons (Fsp3) is 0.632. The van der Waals surface area contributed by atoms with Gasteiger partial charge in [0.15, 0.2) is 0 Å². The number of anilines is 1. The van der Waals surface area contributed by atoms with E-state index in [-0.39, 0.29) is 5.69 Å². The highest BCUT2D eigenvalue weighted by molar-refractivity contribution is 5.85. The molecule has 1 aromatic rings. The predicted octanol–water partition coefficient (Wildman–Crippen LogP) is 6.69. The lowest BCUT2D eigenvalue weighted by molar-refractivity contribution is -0.384. The zero-order valence-corrected chi connectivity index (χ0v) is 15.4. The number of hydrogen-bond donors (Lipinski definition) is 1. The second-order valence-electron chi connectivity index (χ2n) is 6.96. The van der Waals surface area contributed by atoms with Crippen LogP contribution in [0.15, 0.2) is 23.3 Å². The van der Waals surface area contributed by atoms with Crippen LogP contribution in [-0.2, 0) is 6.18 Å². The standard InChI is InChI=1S/C19H26F3N3O2/c20-19(21,22)15-12-13-17(18(14-15)25(26)27)24-23-16-10-8-6-4-2-1-3-5-7-9-11-16/h12-14,24H,1-11H2. The molecule has 0 bridgehead atoms. The number of hydrogen-bond acceptors (Lipinski definition) is 4. The fourth-order valence-electron chi connectivity index (χ4n) is 3.23. The average molecular weight is 385 g/mol. The molecule has 1 fully saturated rings. The summed E-state index contributed by atoms with van der Waals surface area (Å²) < 4.78 is 38.4. The summed E-state index contributed by atoms with van der Waals surface area (Å²) in [5.41, 5.74) is 1.87. The molecule has 2 rings (SSSR count). The molecule has 1 aliphatic carbocycles. The smallest absolute Gasteiger partial charge is 0.272 e. The van der Waals surface area contributed by atoms with Gasteiger partial charge in [0.2, 0.25) is 0 Å². The summed E-state index contributed by atoms with van der Waals surface area (Å²) in [6.07, 6.45) is 7.46. The zero-order valence-electron chi connectivity index (χ0n) is 15.4. The van der Waals surface area contributed by atoms with Crippen molar-refractivity contribution in [2.45, 2.75) is 76.8 Å². The van der Waals surface area contributed by atoms with Gasteiger partial charge in [0, 0.05) is 11.8 Å². The van der Waals surface area contributed by atoms with Crippen molar-refractivity contribution in [2.24, 2.45) is 5.10 Å². The number of alkyl halides is 3. The summed E-state index contributed by atoms with van der Waals surface area (Å²) in [6, 6.07) is 2.44. The Labute approximate surface area is 157 Å². The van der Waals surface area contributed by atoms with E-state index in [4.69, 9.17) is 0 Å². The normalized spacial score (nSPS) is 17.5. The number of hydrazone groups is 1. The van der Waals surface area contributed by atoms with E-state index in [1.165, 1.54) is 32.1 Å².